The van der Waals surface area contributed by atoms with Crippen LogP contribution in [0.25, 0.3) is 0 Å². The zero-order chi connectivity index (χ0) is 12.8. The molecule has 0 spiro atoms. The highest BCUT2D eigenvalue weighted by molar-refractivity contribution is 4.80. The highest BCUT2D eigenvalue weighted by Gasteiger charge is 2.22. The molecule has 0 saturated heterocycles. The Bertz CT molecular complexity index is 185. The largest absolute Gasteiger partial charge is 0.312 e. The second kappa shape index (κ2) is 7.38. The molecule has 17 heavy (non-hydrogen) atoms. The summed E-state index contributed by atoms with van der Waals surface area (Å²) in [5.41, 5.74) is 0. The molecule has 1 aliphatic carbocycles. The molecule has 0 bridgehead atoms. The lowest BCUT2D eigenvalue weighted by molar-refractivity contribution is 0.204. The van der Waals surface area contributed by atoms with Crippen molar-refractivity contribution in [2.75, 3.05) is 20.6 Å². The number of rotatable bonds is 6. The van der Waals surface area contributed by atoms with Gasteiger partial charge in [-0.25, -0.2) is 0 Å². The smallest absolute Gasteiger partial charge is 0.0237 e. The Morgan fingerprint density at radius 1 is 1.12 bits per heavy atom. The van der Waals surface area contributed by atoms with E-state index < -0.39 is 0 Å². The molecule has 1 saturated carbocycles. The molecule has 1 unspecified atom stereocenters. The maximum Gasteiger partial charge on any atom is 0.0237 e. The average Bonchev–Trinajstić information content (AvgIpc) is 2.29. The molecule has 0 aliphatic heterocycles. The second-order valence-corrected chi connectivity index (χ2v) is 6.31. The fourth-order valence-corrected chi connectivity index (χ4v) is 3.08. The van der Waals surface area contributed by atoms with Crippen LogP contribution in [0.1, 0.15) is 52.9 Å². The lowest BCUT2D eigenvalue weighted by Gasteiger charge is -2.33. The molecule has 2 heteroatoms. The topological polar surface area (TPSA) is 15.3 Å². The summed E-state index contributed by atoms with van der Waals surface area (Å²) in [5.74, 6) is 1.73. The van der Waals surface area contributed by atoms with Crippen LogP contribution >= 0.6 is 0 Å². The Morgan fingerprint density at radius 3 is 2.12 bits per heavy atom. The second-order valence-electron chi connectivity index (χ2n) is 6.31. The number of nitrogens with zero attached hydrogens (tertiary/aromatic N) is 1. The van der Waals surface area contributed by atoms with Gasteiger partial charge in [-0.1, -0.05) is 27.2 Å². The highest BCUT2D eigenvalue weighted by Crippen LogP contribution is 2.26. The van der Waals surface area contributed by atoms with E-state index in [1.54, 1.807) is 0 Å². The molecule has 1 atom stereocenters. The van der Waals surface area contributed by atoms with Crippen LogP contribution in [0, 0.1) is 11.8 Å². The predicted molar refractivity (Wildman–Crippen MR) is 76.4 cm³/mol. The van der Waals surface area contributed by atoms with E-state index in [4.69, 9.17) is 0 Å². The van der Waals surface area contributed by atoms with E-state index in [1.807, 2.05) is 0 Å². The van der Waals surface area contributed by atoms with E-state index in [9.17, 15) is 0 Å². The van der Waals surface area contributed by atoms with Gasteiger partial charge in [-0.05, 0) is 51.6 Å². The molecule has 102 valence electrons. The maximum atomic E-state index is 3.79. The van der Waals surface area contributed by atoms with Gasteiger partial charge in [0.2, 0.25) is 0 Å². The summed E-state index contributed by atoms with van der Waals surface area (Å²) < 4.78 is 0. The summed E-state index contributed by atoms with van der Waals surface area (Å²) in [4.78, 5) is 2.36. The van der Waals surface area contributed by atoms with Crippen LogP contribution in [0.4, 0.5) is 0 Å². The lowest BCUT2D eigenvalue weighted by Crippen LogP contribution is -2.45. The molecule has 1 aliphatic rings. The first-order valence-electron chi connectivity index (χ1n) is 7.44. The van der Waals surface area contributed by atoms with Crippen LogP contribution in [-0.4, -0.2) is 37.6 Å². The van der Waals surface area contributed by atoms with Crippen molar-refractivity contribution < 1.29 is 0 Å². The first-order valence-corrected chi connectivity index (χ1v) is 7.44. The quantitative estimate of drug-likeness (QED) is 0.767. The van der Waals surface area contributed by atoms with Gasteiger partial charge in [0, 0.05) is 18.6 Å². The number of hydrogen-bond acceptors (Lipinski definition) is 2. The van der Waals surface area contributed by atoms with E-state index in [0.29, 0.717) is 6.04 Å². The van der Waals surface area contributed by atoms with Gasteiger partial charge in [-0.2, -0.15) is 0 Å². The predicted octanol–water partition coefficient (Wildman–Crippen LogP) is 3.13. The van der Waals surface area contributed by atoms with E-state index >= 15 is 0 Å². The molecule has 1 rings (SSSR count). The number of nitrogens with one attached hydrogen (secondary N) is 1. The first-order chi connectivity index (χ1) is 8.04. The maximum absolute atomic E-state index is 3.79. The molecule has 0 aromatic rings. The van der Waals surface area contributed by atoms with Crippen LogP contribution < -0.4 is 5.32 Å². The summed E-state index contributed by atoms with van der Waals surface area (Å²) >= 11 is 0. The van der Waals surface area contributed by atoms with Crippen LogP contribution in [0.2, 0.25) is 0 Å². The third-order valence-corrected chi connectivity index (χ3v) is 4.47. The highest BCUT2D eigenvalue weighted by atomic mass is 15.1. The average molecular weight is 240 g/mol. The van der Waals surface area contributed by atoms with Crippen molar-refractivity contribution in [2.45, 2.75) is 65.0 Å². The molecule has 0 heterocycles. The summed E-state index contributed by atoms with van der Waals surface area (Å²) in [6, 6.07) is 1.44. The Morgan fingerprint density at radius 2 is 1.71 bits per heavy atom. The van der Waals surface area contributed by atoms with Crippen LogP contribution in [0.3, 0.4) is 0 Å². The van der Waals surface area contributed by atoms with Gasteiger partial charge in [0.15, 0.2) is 0 Å². The lowest BCUT2D eigenvalue weighted by atomic mass is 9.84. The minimum atomic E-state index is 0.666. The number of hydrogen-bond donors (Lipinski definition) is 1. The molecular weight excluding hydrogens is 208 g/mol. The van der Waals surface area contributed by atoms with Gasteiger partial charge in [-0.3, -0.25) is 0 Å². The molecule has 0 radical (unpaired) electrons. The van der Waals surface area contributed by atoms with Gasteiger partial charge in [0.1, 0.15) is 0 Å². The summed E-state index contributed by atoms with van der Waals surface area (Å²) in [6.45, 7) is 8.12. The van der Waals surface area contributed by atoms with Crippen molar-refractivity contribution in [3.8, 4) is 0 Å². The van der Waals surface area contributed by atoms with Crippen molar-refractivity contribution in [1.29, 1.82) is 0 Å². The van der Waals surface area contributed by atoms with Gasteiger partial charge < -0.3 is 10.2 Å². The molecule has 1 N–H and O–H groups in total. The zero-order valence-electron chi connectivity index (χ0n) is 12.5. The summed E-state index contributed by atoms with van der Waals surface area (Å²) in [5, 5.41) is 3.79. The van der Waals surface area contributed by atoms with Crippen LogP contribution in [-0.2, 0) is 0 Å². The van der Waals surface area contributed by atoms with Gasteiger partial charge in [-0.15, -0.1) is 0 Å². The minimum absolute atomic E-state index is 0.666. The standard InChI is InChI=1S/C15H32N2/c1-6-13-7-9-14(10-8-13)16-11-15(12(2)3)17(4)5/h12-16H,6-11H2,1-5H3. The van der Waals surface area contributed by atoms with Crippen molar-refractivity contribution in [1.82, 2.24) is 10.2 Å². The van der Waals surface area contributed by atoms with E-state index in [0.717, 1.165) is 24.4 Å². The SMILES string of the molecule is CCC1CCC(NCC(C(C)C)N(C)C)CC1. The summed E-state index contributed by atoms with van der Waals surface area (Å²) in [7, 11) is 4.39. The van der Waals surface area contributed by atoms with Crippen molar-refractivity contribution >= 4 is 0 Å². The Balaban J connectivity index is 2.26. The third-order valence-electron chi connectivity index (χ3n) is 4.47. The molecule has 0 amide bonds. The van der Waals surface area contributed by atoms with Gasteiger partial charge in [0.05, 0.1) is 0 Å². The minimum Gasteiger partial charge on any atom is -0.312 e. The fraction of sp³-hybridized carbons (Fsp3) is 1.00. The molecular formula is C15H32N2. The van der Waals surface area contributed by atoms with E-state index in [-0.39, 0.29) is 0 Å². The number of likely N-dealkylation sites (N-methyl/N-ethyl adjacent to an activating group) is 1. The Hall–Kier alpha value is -0.0800. The molecule has 0 aromatic heterocycles. The molecule has 2 nitrogen and oxygen atoms in total. The van der Waals surface area contributed by atoms with Gasteiger partial charge >= 0.3 is 0 Å². The van der Waals surface area contributed by atoms with Crippen LogP contribution in [0.5, 0.6) is 0 Å². The third kappa shape index (κ3) is 4.97. The van der Waals surface area contributed by atoms with Crippen molar-refractivity contribution in [3.05, 3.63) is 0 Å². The fourth-order valence-electron chi connectivity index (χ4n) is 3.08. The summed E-state index contributed by atoms with van der Waals surface area (Å²) in [6.07, 6.45) is 7.01. The van der Waals surface area contributed by atoms with Crippen molar-refractivity contribution in [3.63, 3.8) is 0 Å². The Labute approximate surface area is 108 Å². The Kier molecular flexibility index (Phi) is 6.50. The van der Waals surface area contributed by atoms with Crippen molar-refractivity contribution in [2.24, 2.45) is 11.8 Å². The normalized spacial score (nSPS) is 27.7. The first kappa shape index (κ1) is 15.0. The van der Waals surface area contributed by atoms with E-state index in [2.05, 4.69) is 45.1 Å². The molecule has 1 fully saturated rings. The molecule has 0 aromatic carbocycles. The van der Waals surface area contributed by atoms with Gasteiger partial charge in [0.25, 0.3) is 0 Å². The zero-order valence-corrected chi connectivity index (χ0v) is 12.5. The van der Waals surface area contributed by atoms with E-state index in [1.165, 1.54) is 32.1 Å². The monoisotopic (exact) mass is 240 g/mol. The van der Waals surface area contributed by atoms with Crippen LogP contribution in [0.15, 0.2) is 0 Å².